The Bertz CT molecular complexity index is 972. The summed E-state index contributed by atoms with van der Waals surface area (Å²) in [4.78, 5) is 19.3. The molecule has 1 N–H and O–H groups in total. The topological polar surface area (TPSA) is 80.3 Å². The highest BCUT2D eigenvalue weighted by Gasteiger charge is 2.31. The number of nitrogens with one attached hydrogen (secondary N) is 1. The SMILES string of the molecule is COc1ccc(OC)c([C@@H]2CCN(C(=O)c3ccccc3-c3ncn[nH]3)C2)c1. The maximum atomic E-state index is 13.2. The molecule has 144 valence electrons. The largest absolute Gasteiger partial charge is 0.497 e. The average molecular weight is 378 g/mol. The number of carbonyl (C=O) groups excluding carboxylic acids is 1. The van der Waals surface area contributed by atoms with Gasteiger partial charge in [0.2, 0.25) is 0 Å². The molecule has 1 saturated heterocycles. The van der Waals surface area contributed by atoms with Crippen molar-refractivity contribution in [3.8, 4) is 22.9 Å². The highest BCUT2D eigenvalue weighted by atomic mass is 16.5. The van der Waals surface area contributed by atoms with Crippen molar-refractivity contribution < 1.29 is 14.3 Å². The van der Waals surface area contributed by atoms with Gasteiger partial charge in [0.05, 0.1) is 19.8 Å². The molecular weight excluding hydrogens is 356 g/mol. The maximum Gasteiger partial charge on any atom is 0.254 e. The van der Waals surface area contributed by atoms with Crippen molar-refractivity contribution in [1.82, 2.24) is 20.1 Å². The highest BCUT2D eigenvalue weighted by molar-refractivity contribution is 6.00. The zero-order valence-corrected chi connectivity index (χ0v) is 15.9. The second-order valence-corrected chi connectivity index (χ2v) is 6.72. The number of rotatable bonds is 5. The Morgan fingerprint density at radius 2 is 2.04 bits per heavy atom. The number of methoxy groups -OCH3 is 2. The molecular formula is C21H22N4O3. The van der Waals surface area contributed by atoms with Gasteiger partial charge in [-0.1, -0.05) is 18.2 Å². The van der Waals surface area contributed by atoms with Crippen molar-refractivity contribution in [2.24, 2.45) is 0 Å². The van der Waals surface area contributed by atoms with E-state index in [-0.39, 0.29) is 11.8 Å². The molecule has 1 aliphatic rings. The minimum absolute atomic E-state index is 0.00337. The molecule has 0 radical (unpaired) electrons. The van der Waals surface area contributed by atoms with Gasteiger partial charge < -0.3 is 14.4 Å². The predicted octanol–water partition coefficient (Wildman–Crippen LogP) is 3.12. The monoisotopic (exact) mass is 378 g/mol. The molecule has 7 heteroatoms. The van der Waals surface area contributed by atoms with Crippen LogP contribution in [-0.2, 0) is 0 Å². The van der Waals surface area contributed by atoms with Gasteiger partial charge in [0, 0.05) is 30.1 Å². The van der Waals surface area contributed by atoms with Crippen molar-refractivity contribution in [3.63, 3.8) is 0 Å². The summed E-state index contributed by atoms with van der Waals surface area (Å²) in [7, 11) is 3.31. The van der Waals surface area contributed by atoms with Gasteiger partial charge in [-0.25, -0.2) is 4.98 Å². The van der Waals surface area contributed by atoms with Crippen LogP contribution in [0.25, 0.3) is 11.4 Å². The van der Waals surface area contributed by atoms with Crippen molar-refractivity contribution in [3.05, 3.63) is 59.9 Å². The third-order valence-electron chi connectivity index (χ3n) is 5.18. The summed E-state index contributed by atoms with van der Waals surface area (Å²) in [5.41, 5.74) is 2.45. The fraction of sp³-hybridized carbons (Fsp3) is 0.286. The van der Waals surface area contributed by atoms with E-state index in [0.29, 0.717) is 24.5 Å². The Morgan fingerprint density at radius 1 is 1.18 bits per heavy atom. The average Bonchev–Trinajstić information content (AvgIpc) is 3.45. The minimum atomic E-state index is -0.00337. The smallest absolute Gasteiger partial charge is 0.254 e. The first kappa shape index (κ1) is 18.0. The van der Waals surface area contributed by atoms with Crippen LogP contribution >= 0.6 is 0 Å². The first-order chi connectivity index (χ1) is 13.7. The standard InChI is InChI=1S/C21H22N4O3/c1-27-15-7-8-19(28-2)18(11-15)14-9-10-25(12-14)21(26)17-6-4-3-5-16(17)20-22-13-23-24-20/h3-8,11,13-14H,9-10,12H2,1-2H3,(H,22,23,24)/t14-/m1/s1. The molecule has 1 aromatic heterocycles. The van der Waals surface area contributed by atoms with E-state index in [9.17, 15) is 4.79 Å². The number of nitrogens with zero attached hydrogens (tertiary/aromatic N) is 3. The molecule has 7 nitrogen and oxygen atoms in total. The maximum absolute atomic E-state index is 13.2. The Balaban J connectivity index is 1.58. The zero-order valence-electron chi connectivity index (χ0n) is 15.9. The van der Waals surface area contributed by atoms with Gasteiger partial charge in [-0.15, -0.1) is 0 Å². The molecule has 1 fully saturated rings. The molecule has 0 unspecified atom stereocenters. The van der Waals surface area contributed by atoms with E-state index in [2.05, 4.69) is 15.2 Å². The lowest BCUT2D eigenvalue weighted by Crippen LogP contribution is -2.29. The van der Waals surface area contributed by atoms with Gasteiger partial charge >= 0.3 is 0 Å². The van der Waals surface area contributed by atoms with E-state index in [1.54, 1.807) is 14.2 Å². The van der Waals surface area contributed by atoms with Crippen LogP contribution in [0.4, 0.5) is 0 Å². The molecule has 28 heavy (non-hydrogen) atoms. The van der Waals surface area contributed by atoms with Gasteiger partial charge in [0.1, 0.15) is 17.8 Å². The van der Waals surface area contributed by atoms with Crippen LogP contribution in [0.15, 0.2) is 48.8 Å². The molecule has 0 spiro atoms. The lowest BCUT2D eigenvalue weighted by atomic mass is 9.97. The molecule has 0 bridgehead atoms. The van der Waals surface area contributed by atoms with Crippen LogP contribution in [0.5, 0.6) is 11.5 Å². The summed E-state index contributed by atoms with van der Waals surface area (Å²) in [6, 6.07) is 13.3. The fourth-order valence-corrected chi connectivity index (χ4v) is 3.74. The normalized spacial score (nSPS) is 16.2. The number of likely N-dealkylation sites (tertiary alicyclic amines) is 1. The quantitative estimate of drug-likeness (QED) is 0.738. The van der Waals surface area contributed by atoms with Gasteiger partial charge in [-0.05, 0) is 30.7 Å². The molecule has 1 amide bonds. The van der Waals surface area contributed by atoms with Crippen molar-refractivity contribution in [2.45, 2.75) is 12.3 Å². The van der Waals surface area contributed by atoms with Gasteiger partial charge in [0.15, 0.2) is 5.82 Å². The van der Waals surface area contributed by atoms with Crippen LogP contribution < -0.4 is 9.47 Å². The predicted molar refractivity (Wildman–Crippen MR) is 105 cm³/mol. The second-order valence-electron chi connectivity index (χ2n) is 6.72. The first-order valence-corrected chi connectivity index (χ1v) is 9.17. The Kier molecular flexibility index (Phi) is 4.97. The van der Waals surface area contributed by atoms with E-state index in [1.807, 2.05) is 47.4 Å². The summed E-state index contributed by atoms with van der Waals surface area (Å²) in [5.74, 6) is 2.40. The molecule has 4 rings (SSSR count). The number of carbonyl (C=O) groups is 1. The summed E-state index contributed by atoms with van der Waals surface area (Å²) in [6.45, 7) is 1.32. The number of benzene rings is 2. The third-order valence-corrected chi connectivity index (χ3v) is 5.18. The lowest BCUT2D eigenvalue weighted by molar-refractivity contribution is 0.0791. The Hall–Kier alpha value is -3.35. The Morgan fingerprint density at radius 3 is 2.79 bits per heavy atom. The van der Waals surface area contributed by atoms with E-state index in [4.69, 9.17) is 9.47 Å². The molecule has 1 atom stereocenters. The van der Waals surface area contributed by atoms with Crippen LogP contribution in [0.1, 0.15) is 28.3 Å². The number of H-pyrrole nitrogens is 1. The molecule has 0 saturated carbocycles. The van der Waals surface area contributed by atoms with Crippen LogP contribution in [-0.4, -0.2) is 53.3 Å². The van der Waals surface area contributed by atoms with Crippen molar-refractivity contribution in [2.75, 3.05) is 27.3 Å². The number of hydrogen-bond acceptors (Lipinski definition) is 5. The van der Waals surface area contributed by atoms with Crippen molar-refractivity contribution in [1.29, 1.82) is 0 Å². The number of aromatic nitrogens is 3. The van der Waals surface area contributed by atoms with E-state index >= 15 is 0 Å². The second kappa shape index (κ2) is 7.72. The number of ether oxygens (including phenoxy) is 2. The molecule has 1 aliphatic heterocycles. The molecule has 3 aromatic rings. The summed E-state index contributed by atoms with van der Waals surface area (Å²) >= 11 is 0. The van der Waals surface area contributed by atoms with Crippen LogP contribution in [0.2, 0.25) is 0 Å². The molecule has 2 heterocycles. The number of aromatic amines is 1. The first-order valence-electron chi connectivity index (χ1n) is 9.17. The van der Waals surface area contributed by atoms with Gasteiger partial charge in [-0.2, -0.15) is 5.10 Å². The lowest BCUT2D eigenvalue weighted by Gasteiger charge is -2.19. The van der Waals surface area contributed by atoms with Gasteiger partial charge in [0.25, 0.3) is 5.91 Å². The fourth-order valence-electron chi connectivity index (χ4n) is 3.74. The van der Waals surface area contributed by atoms with Gasteiger partial charge in [-0.3, -0.25) is 9.89 Å². The summed E-state index contributed by atoms with van der Waals surface area (Å²) in [5, 5.41) is 6.74. The Labute approximate surface area is 163 Å². The summed E-state index contributed by atoms with van der Waals surface area (Å²) < 4.78 is 10.9. The van der Waals surface area contributed by atoms with E-state index in [1.165, 1.54) is 6.33 Å². The number of amides is 1. The van der Waals surface area contributed by atoms with E-state index in [0.717, 1.165) is 29.0 Å². The van der Waals surface area contributed by atoms with Crippen molar-refractivity contribution >= 4 is 5.91 Å². The molecule has 2 aromatic carbocycles. The van der Waals surface area contributed by atoms with Crippen LogP contribution in [0.3, 0.4) is 0 Å². The summed E-state index contributed by atoms with van der Waals surface area (Å²) in [6.07, 6.45) is 2.32. The molecule has 0 aliphatic carbocycles. The minimum Gasteiger partial charge on any atom is -0.497 e. The zero-order chi connectivity index (χ0) is 19.5. The van der Waals surface area contributed by atoms with Crippen LogP contribution in [0, 0.1) is 0 Å². The number of hydrogen-bond donors (Lipinski definition) is 1. The third kappa shape index (κ3) is 3.31. The van der Waals surface area contributed by atoms with E-state index < -0.39 is 0 Å². The highest BCUT2D eigenvalue weighted by Crippen LogP contribution is 2.36.